The fourth-order valence-electron chi connectivity index (χ4n) is 2.89. The van der Waals surface area contributed by atoms with E-state index in [0.717, 1.165) is 28.8 Å². The van der Waals surface area contributed by atoms with Crippen LogP contribution < -0.4 is 0 Å². The summed E-state index contributed by atoms with van der Waals surface area (Å²) in [6.45, 7) is 2.91. The van der Waals surface area contributed by atoms with Gasteiger partial charge < -0.3 is 4.90 Å². The standard InChI is InChI=1S/C18H15ClF3NO/c1-2-17(24)23-9-12-4-3-11(7-13(12)10-23)15-6-5-14(8-16(15)19)18(20,21)22/h3-8H,2,9-10H2,1H3. The van der Waals surface area contributed by atoms with Crippen molar-refractivity contribution >= 4 is 17.5 Å². The molecule has 0 bridgehead atoms. The Morgan fingerprint density at radius 1 is 1.12 bits per heavy atom. The van der Waals surface area contributed by atoms with Crippen LogP contribution in [0, 0.1) is 0 Å². The zero-order chi connectivity index (χ0) is 17.5. The summed E-state index contributed by atoms with van der Waals surface area (Å²) in [7, 11) is 0. The molecule has 1 aliphatic rings. The molecule has 1 heterocycles. The van der Waals surface area contributed by atoms with Crippen molar-refractivity contribution in [2.24, 2.45) is 0 Å². The number of benzene rings is 2. The predicted molar refractivity (Wildman–Crippen MR) is 86.4 cm³/mol. The molecular formula is C18H15ClF3NO. The fraction of sp³-hybridized carbons (Fsp3) is 0.278. The first-order valence-corrected chi connectivity index (χ1v) is 7.94. The molecule has 0 atom stereocenters. The van der Waals surface area contributed by atoms with Crippen LogP contribution in [0.3, 0.4) is 0 Å². The molecule has 0 unspecified atom stereocenters. The van der Waals surface area contributed by atoms with Crippen LogP contribution >= 0.6 is 11.6 Å². The molecule has 24 heavy (non-hydrogen) atoms. The van der Waals surface area contributed by atoms with Gasteiger partial charge in [0, 0.05) is 30.1 Å². The van der Waals surface area contributed by atoms with Gasteiger partial charge in [-0.15, -0.1) is 0 Å². The normalized spacial score (nSPS) is 14.0. The van der Waals surface area contributed by atoms with E-state index < -0.39 is 11.7 Å². The summed E-state index contributed by atoms with van der Waals surface area (Å²) >= 11 is 6.06. The second-order valence-corrected chi connectivity index (χ2v) is 6.19. The van der Waals surface area contributed by atoms with Gasteiger partial charge in [-0.1, -0.05) is 36.7 Å². The number of hydrogen-bond donors (Lipinski definition) is 0. The molecule has 0 saturated heterocycles. The Kier molecular flexibility index (Phi) is 4.30. The summed E-state index contributed by atoms with van der Waals surface area (Å²) in [4.78, 5) is 13.6. The summed E-state index contributed by atoms with van der Waals surface area (Å²) in [5, 5.41) is 0.0595. The van der Waals surface area contributed by atoms with Gasteiger partial charge in [-0.25, -0.2) is 0 Å². The molecule has 0 N–H and O–H groups in total. The number of amides is 1. The van der Waals surface area contributed by atoms with Crippen LogP contribution in [-0.2, 0) is 24.1 Å². The first-order chi connectivity index (χ1) is 11.3. The summed E-state index contributed by atoms with van der Waals surface area (Å²) in [5.41, 5.74) is 2.59. The molecule has 0 aliphatic carbocycles. The maximum absolute atomic E-state index is 12.7. The monoisotopic (exact) mass is 353 g/mol. The SMILES string of the molecule is CCC(=O)N1Cc2ccc(-c3ccc(C(F)(F)F)cc3Cl)cc2C1. The van der Waals surface area contributed by atoms with E-state index in [1.165, 1.54) is 6.07 Å². The lowest BCUT2D eigenvalue weighted by Gasteiger charge is -2.13. The zero-order valence-corrected chi connectivity index (χ0v) is 13.7. The van der Waals surface area contributed by atoms with Gasteiger partial charge in [0.15, 0.2) is 0 Å². The highest BCUT2D eigenvalue weighted by Gasteiger charge is 2.31. The Hall–Kier alpha value is -2.01. The van der Waals surface area contributed by atoms with Crippen molar-refractivity contribution in [2.75, 3.05) is 0 Å². The third-order valence-corrected chi connectivity index (χ3v) is 4.50. The molecule has 6 heteroatoms. The molecular weight excluding hydrogens is 339 g/mol. The van der Waals surface area contributed by atoms with Crippen molar-refractivity contribution in [3.05, 3.63) is 58.1 Å². The highest BCUT2D eigenvalue weighted by Crippen LogP contribution is 2.37. The first-order valence-electron chi connectivity index (χ1n) is 7.56. The van der Waals surface area contributed by atoms with E-state index in [0.29, 0.717) is 25.1 Å². The molecule has 0 radical (unpaired) electrons. The van der Waals surface area contributed by atoms with E-state index in [2.05, 4.69) is 0 Å². The Balaban J connectivity index is 1.92. The Morgan fingerprint density at radius 3 is 2.46 bits per heavy atom. The number of hydrogen-bond acceptors (Lipinski definition) is 1. The molecule has 1 amide bonds. The van der Waals surface area contributed by atoms with Crippen molar-refractivity contribution in [3.63, 3.8) is 0 Å². The number of alkyl halides is 3. The second kappa shape index (κ2) is 6.13. The minimum atomic E-state index is -4.42. The lowest BCUT2D eigenvalue weighted by atomic mass is 9.99. The van der Waals surface area contributed by atoms with Gasteiger partial charge in [-0.05, 0) is 34.9 Å². The first kappa shape index (κ1) is 16.8. The van der Waals surface area contributed by atoms with Crippen LogP contribution in [0.15, 0.2) is 36.4 Å². The van der Waals surface area contributed by atoms with E-state index in [4.69, 9.17) is 11.6 Å². The van der Waals surface area contributed by atoms with Gasteiger partial charge in [0.2, 0.25) is 5.91 Å². The van der Waals surface area contributed by atoms with Crippen LogP contribution in [0.25, 0.3) is 11.1 Å². The van der Waals surface area contributed by atoms with Gasteiger partial charge in [0.05, 0.1) is 5.56 Å². The molecule has 0 spiro atoms. The molecule has 2 aromatic rings. The lowest BCUT2D eigenvalue weighted by Crippen LogP contribution is -2.23. The summed E-state index contributed by atoms with van der Waals surface area (Å²) in [6, 6.07) is 8.98. The molecule has 0 saturated carbocycles. The minimum absolute atomic E-state index is 0.0595. The average Bonchev–Trinajstić information content (AvgIpc) is 2.96. The number of carbonyl (C=O) groups excluding carboxylic acids is 1. The van der Waals surface area contributed by atoms with Crippen molar-refractivity contribution in [1.82, 2.24) is 4.90 Å². The number of nitrogens with zero attached hydrogens (tertiary/aromatic N) is 1. The fourth-order valence-corrected chi connectivity index (χ4v) is 3.18. The Bertz CT molecular complexity index is 801. The number of halogens is 4. The summed E-state index contributed by atoms with van der Waals surface area (Å²) in [5.74, 6) is 0.0836. The van der Waals surface area contributed by atoms with Crippen LogP contribution in [0.2, 0.25) is 5.02 Å². The molecule has 126 valence electrons. The number of carbonyl (C=O) groups is 1. The maximum Gasteiger partial charge on any atom is 0.416 e. The summed E-state index contributed by atoms with van der Waals surface area (Å²) in [6.07, 6.45) is -3.97. The third-order valence-electron chi connectivity index (χ3n) is 4.19. The van der Waals surface area contributed by atoms with E-state index in [-0.39, 0.29) is 10.9 Å². The Labute approximate surface area is 142 Å². The van der Waals surface area contributed by atoms with E-state index in [9.17, 15) is 18.0 Å². The van der Waals surface area contributed by atoms with Gasteiger partial charge in [0.25, 0.3) is 0 Å². The molecule has 2 nitrogen and oxygen atoms in total. The van der Waals surface area contributed by atoms with Gasteiger partial charge in [-0.2, -0.15) is 13.2 Å². The van der Waals surface area contributed by atoms with Crippen LogP contribution in [0.4, 0.5) is 13.2 Å². The highest BCUT2D eigenvalue weighted by atomic mass is 35.5. The van der Waals surface area contributed by atoms with Crippen molar-refractivity contribution in [2.45, 2.75) is 32.6 Å². The molecule has 1 aliphatic heterocycles. The van der Waals surface area contributed by atoms with E-state index in [1.54, 1.807) is 4.90 Å². The van der Waals surface area contributed by atoms with Crippen molar-refractivity contribution < 1.29 is 18.0 Å². The number of fused-ring (bicyclic) bond motifs is 1. The van der Waals surface area contributed by atoms with Crippen molar-refractivity contribution in [1.29, 1.82) is 0 Å². The Morgan fingerprint density at radius 2 is 1.83 bits per heavy atom. The molecule has 2 aromatic carbocycles. The van der Waals surface area contributed by atoms with Gasteiger partial charge in [-0.3, -0.25) is 4.79 Å². The molecule has 3 rings (SSSR count). The zero-order valence-electron chi connectivity index (χ0n) is 13.0. The minimum Gasteiger partial charge on any atom is -0.334 e. The number of rotatable bonds is 2. The second-order valence-electron chi connectivity index (χ2n) is 5.78. The van der Waals surface area contributed by atoms with E-state index >= 15 is 0 Å². The average molecular weight is 354 g/mol. The third kappa shape index (κ3) is 3.13. The molecule has 0 aromatic heterocycles. The van der Waals surface area contributed by atoms with Crippen molar-refractivity contribution in [3.8, 4) is 11.1 Å². The largest absolute Gasteiger partial charge is 0.416 e. The quantitative estimate of drug-likeness (QED) is 0.719. The molecule has 0 fully saturated rings. The smallest absolute Gasteiger partial charge is 0.334 e. The van der Waals surface area contributed by atoms with Crippen LogP contribution in [-0.4, -0.2) is 10.8 Å². The van der Waals surface area contributed by atoms with Gasteiger partial charge in [0.1, 0.15) is 0 Å². The van der Waals surface area contributed by atoms with Crippen LogP contribution in [0.1, 0.15) is 30.0 Å². The van der Waals surface area contributed by atoms with Crippen LogP contribution in [0.5, 0.6) is 0 Å². The predicted octanol–water partition coefficient (Wildman–Crippen LogP) is 5.28. The van der Waals surface area contributed by atoms with Gasteiger partial charge >= 0.3 is 6.18 Å². The summed E-state index contributed by atoms with van der Waals surface area (Å²) < 4.78 is 38.2. The maximum atomic E-state index is 12.7. The van der Waals surface area contributed by atoms with E-state index in [1.807, 2.05) is 25.1 Å². The highest BCUT2D eigenvalue weighted by molar-refractivity contribution is 6.33. The topological polar surface area (TPSA) is 20.3 Å². The lowest BCUT2D eigenvalue weighted by molar-refractivity contribution is -0.137.